The zero-order valence-corrected chi connectivity index (χ0v) is 35.7. The molecular formula is C54H54N2O5. The number of carbonyl (C=O) groups excluding carboxylic acids is 4. The van der Waals surface area contributed by atoms with Crippen LogP contribution >= 0.6 is 0 Å². The number of carbonyl (C=O) groups is 4. The Morgan fingerprint density at radius 1 is 0.738 bits per heavy atom. The number of rotatable bonds is 10. The molecule has 310 valence electrons. The van der Waals surface area contributed by atoms with Crippen LogP contribution in [0.15, 0.2) is 109 Å². The van der Waals surface area contributed by atoms with Crippen LogP contribution in [-0.4, -0.2) is 23.7 Å². The average molecular weight is 811 g/mol. The minimum Gasteiger partial charge on any atom is -0.426 e. The van der Waals surface area contributed by atoms with Crippen molar-refractivity contribution >= 4 is 45.8 Å². The van der Waals surface area contributed by atoms with Gasteiger partial charge >= 0.3 is 5.97 Å². The van der Waals surface area contributed by atoms with Crippen LogP contribution in [0.1, 0.15) is 140 Å². The molecule has 2 aliphatic carbocycles. The summed E-state index contributed by atoms with van der Waals surface area (Å²) in [6.45, 7) is 9.76. The minimum atomic E-state index is -0.530. The monoisotopic (exact) mass is 810 g/mol. The normalized spacial score (nSPS) is 17.6. The van der Waals surface area contributed by atoms with Gasteiger partial charge in [0.1, 0.15) is 5.75 Å². The molecule has 0 radical (unpaired) electrons. The summed E-state index contributed by atoms with van der Waals surface area (Å²) in [5.41, 5.74) is 9.58. The van der Waals surface area contributed by atoms with Crippen molar-refractivity contribution in [1.29, 1.82) is 0 Å². The van der Waals surface area contributed by atoms with E-state index >= 15 is 0 Å². The summed E-state index contributed by atoms with van der Waals surface area (Å²) in [5.74, 6) is 0.663. The first-order chi connectivity index (χ1) is 29.4. The fraction of sp³-hybridized carbons (Fsp3) is 0.296. The summed E-state index contributed by atoms with van der Waals surface area (Å²) < 4.78 is 5.70. The van der Waals surface area contributed by atoms with E-state index < -0.39 is 11.4 Å². The molecule has 0 bridgehead atoms. The van der Waals surface area contributed by atoms with Crippen LogP contribution in [0.3, 0.4) is 0 Å². The molecule has 0 aromatic heterocycles. The molecule has 1 heterocycles. The maximum atomic E-state index is 14.6. The Balaban J connectivity index is 0.00000529. The maximum Gasteiger partial charge on any atom is 0.308 e. The highest BCUT2D eigenvalue weighted by atomic mass is 16.5. The van der Waals surface area contributed by atoms with E-state index in [1.165, 1.54) is 68.8 Å². The number of unbranched alkanes of at least 4 members (excludes halogenated alkanes) is 2. The largest absolute Gasteiger partial charge is 0.426 e. The van der Waals surface area contributed by atoms with Crippen molar-refractivity contribution in [3.8, 4) is 28.0 Å². The molecule has 1 fully saturated rings. The number of fused-ring (bicyclic) bond motifs is 7. The second kappa shape index (κ2) is 15.9. The van der Waals surface area contributed by atoms with E-state index in [1.54, 1.807) is 0 Å². The molecule has 0 unspecified atom stereocenters. The molecule has 1 N–H and O–H groups in total. The van der Waals surface area contributed by atoms with Gasteiger partial charge in [0.2, 0.25) is 0 Å². The van der Waals surface area contributed by atoms with Crippen molar-refractivity contribution in [1.82, 2.24) is 0 Å². The van der Waals surface area contributed by atoms with Crippen molar-refractivity contribution in [3.63, 3.8) is 0 Å². The number of anilines is 2. The van der Waals surface area contributed by atoms with Gasteiger partial charge in [-0.3, -0.25) is 19.2 Å². The summed E-state index contributed by atoms with van der Waals surface area (Å²) in [5, 5.41) is 4.67. The molecule has 9 rings (SSSR count). The standard InChI is InChI=1S/C54H52N2O5.H2/c1-6-7-8-11-34-14-16-35(17-15-34)36-18-20-39(21-19-36)51(58)55-40-26-22-37(23-27-40)38-24-28-41(29-25-38)56-52(59)47-32(2)30-44-49(50(47)53(56)60)48-43-13-10-9-12-42(43)46(61-33(3)57)31-45(48)54(44,4)5;/h9-10,12-13,18-31,34-35H,6-8,11,14-17H2,1-5H3,(H,55,58);1H. The van der Waals surface area contributed by atoms with E-state index in [4.69, 9.17) is 4.74 Å². The molecule has 3 amide bonds. The predicted octanol–water partition coefficient (Wildman–Crippen LogP) is 13.2. The van der Waals surface area contributed by atoms with Crippen molar-refractivity contribution in [2.75, 3.05) is 10.2 Å². The van der Waals surface area contributed by atoms with E-state index in [-0.39, 0.29) is 19.1 Å². The lowest BCUT2D eigenvalue weighted by Gasteiger charge is -2.29. The Morgan fingerprint density at radius 2 is 1.36 bits per heavy atom. The van der Waals surface area contributed by atoms with Crippen LogP contribution < -0.4 is 15.0 Å². The van der Waals surface area contributed by atoms with Gasteiger partial charge < -0.3 is 10.1 Å². The number of hydrogen-bond acceptors (Lipinski definition) is 5. The number of amides is 3. The summed E-state index contributed by atoms with van der Waals surface area (Å²) in [7, 11) is 0. The van der Waals surface area contributed by atoms with Crippen LogP contribution in [-0.2, 0) is 10.2 Å². The van der Waals surface area contributed by atoms with Crippen LogP contribution in [0.2, 0.25) is 0 Å². The summed E-state index contributed by atoms with van der Waals surface area (Å²) in [4.78, 5) is 55.5. The minimum absolute atomic E-state index is 0. The van der Waals surface area contributed by atoms with Crippen LogP contribution in [0.5, 0.6) is 5.75 Å². The third-order valence-electron chi connectivity index (χ3n) is 13.5. The lowest BCUT2D eigenvalue weighted by molar-refractivity contribution is -0.131. The quantitative estimate of drug-likeness (QED) is 0.0644. The first-order valence-electron chi connectivity index (χ1n) is 21.9. The van der Waals surface area contributed by atoms with E-state index in [1.807, 2.05) is 104 Å². The summed E-state index contributed by atoms with van der Waals surface area (Å²) in [6, 6.07) is 35.0. The number of benzene rings is 6. The Hall–Kier alpha value is -6.34. The number of hydrogen-bond donors (Lipinski definition) is 1. The highest BCUT2D eigenvalue weighted by molar-refractivity contribution is 6.37. The highest BCUT2D eigenvalue weighted by Gasteiger charge is 2.47. The topological polar surface area (TPSA) is 92.8 Å². The van der Waals surface area contributed by atoms with Gasteiger partial charge in [0, 0.05) is 36.0 Å². The van der Waals surface area contributed by atoms with Crippen molar-refractivity contribution in [2.45, 2.75) is 97.3 Å². The molecule has 0 saturated heterocycles. The third-order valence-corrected chi connectivity index (χ3v) is 13.5. The van der Waals surface area contributed by atoms with E-state index in [2.05, 4.69) is 38.2 Å². The Kier molecular flexibility index (Phi) is 10.5. The fourth-order valence-corrected chi connectivity index (χ4v) is 10.2. The zero-order chi connectivity index (χ0) is 42.6. The average Bonchev–Trinajstić information content (AvgIpc) is 3.66. The van der Waals surface area contributed by atoms with Gasteiger partial charge in [0.25, 0.3) is 17.7 Å². The molecule has 1 saturated carbocycles. The fourth-order valence-electron chi connectivity index (χ4n) is 10.2. The lowest BCUT2D eigenvalue weighted by Crippen LogP contribution is -2.29. The van der Waals surface area contributed by atoms with E-state index in [0.29, 0.717) is 39.7 Å². The number of nitrogens with one attached hydrogen (secondary N) is 1. The van der Waals surface area contributed by atoms with Gasteiger partial charge in [-0.15, -0.1) is 0 Å². The molecule has 1 aliphatic heterocycles. The van der Waals surface area contributed by atoms with Gasteiger partial charge in [0.05, 0.1) is 16.8 Å². The molecule has 3 aliphatic rings. The highest BCUT2D eigenvalue weighted by Crippen LogP contribution is 2.56. The number of nitrogens with zero attached hydrogens (tertiary/aromatic N) is 1. The van der Waals surface area contributed by atoms with Crippen LogP contribution in [0.25, 0.3) is 33.0 Å². The first kappa shape index (κ1) is 40.1. The number of aryl methyl sites for hydroxylation is 1. The molecule has 7 nitrogen and oxygen atoms in total. The second-order valence-corrected chi connectivity index (χ2v) is 17.8. The molecule has 6 aromatic carbocycles. The first-order valence-corrected chi connectivity index (χ1v) is 21.9. The number of ether oxygens (including phenoxy) is 1. The number of imide groups is 1. The molecule has 61 heavy (non-hydrogen) atoms. The molecule has 0 spiro atoms. The Bertz CT molecular complexity index is 2730. The van der Waals surface area contributed by atoms with Gasteiger partial charge in [-0.2, -0.15) is 0 Å². The molecule has 7 heteroatoms. The SMILES string of the molecule is CCCCCC1CCC(c2ccc(C(=O)Nc3ccc(-c4ccc(N5C(=O)c6c(C)cc7c(c6C5=O)-c5c(cc(OC(C)=O)c6ccccc56)C7(C)C)cc4)cc3)cc2)CC1.[HH]. The van der Waals surface area contributed by atoms with Crippen molar-refractivity contribution in [2.24, 2.45) is 5.92 Å². The molecule has 6 aromatic rings. The van der Waals surface area contributed by atoms with Gasteiger partial charge in [-0.05, 0) is 131 Å². The third kappa shape index (κ3) is 7.14. The molecular weight excluding hydrogens is 757 g/mol. The van der Waals surface area contributed by atoms with Gasteiger partial charge in [-0.1, -0.05) is 113 Å². The Morgan fingerprint density at radius 3 is 2.02 bits per heavy atom. The summed E-state index contributed by atoms with van der Waals surface area (Å²) in [6.07, 6.45) is 10.4. The van der Waals surface area contributed by atoms with Crippen molar-refractivity contribution in [3.05, 3.63) is 148 Å². The molecule has 0 atom stereocenters. The Labute approximate surface area is 359 Å². The zero-order valence-electron chi connectivity index (χ0n) is 35.7. The predicted molar refractivity (Wildman–Crippen MR) is 246 cm³/mol. The maximum absolute atomic E-state index is 14.6. The van der Waals surface area contributed by atoms with Gasteiger partial charge in [-0.25, -0.2) is 4.90 Å². The van der Waals surface area contributed by atoms with Crippen LogP contribution in [0.4, 0.5) is 11.4 Å². The van der Waals surface area contributed by atoms with E-state index in [9.17, 15) is 19.2 Å². The second-order valence-electron chi connectivity index (χ2n) is 17.8. The van der Waals surface area contributed by atoms with Crippen molar-refractivity contribution < 1.29 is 25.3 Å². The van der Waals surface area contributed by atoms with Crippen LogP contribution in [0, 0.1) is 12.8 Å². The lowest BCUT2D eigenvalue weighted by atomic mass is 9.77. The smallest absolute Gasteiger partial charge is 0.308 e. The van der Waals surface area contributed by atoms with Gasteiger partial charge in [0.15, 0.2) is 0 Å². The van der Waals surface area contributed by atoms with E-state index in [0.717, 1.165) is 55.6 Å². The summed E-state index contributed by atoms with van der Waals surface area (Å²) >= 11 is 0. The number of esters is 1.